The van der Waals surface area contributed by atoms with Crippen LogP contribution < -0.4 is 5.32 Å². The topological polar surface area (TPSA) is 47.6 Å². The molecule has 1 aliphatic heterocycles. The Balaban J connectivity index is 1.78. The molecule has 0 radical (unpaired) electrons. The number of carbonyl (C=O) groups is 1. The van der Waals surface area contributed by atoms with Crippen molar-refractivity contribution >= 4 is 5.97 Å². The molecule has 4 nitrogen and oxygen atoms in total. The van der Waals surface area contributed by atoms with Gasteiger partial charge >= 0.3 is 5.97 Å². The van der Waals surface area contributed by atoms with Gasteiger partial charge < -0.3 is 5.32 Å². The average Bonchev–Trinajstić information content (AvgIpc) is 2.46. The van der Waals surface area contributed by atoms with Crippen molar-refractivity contribution in [2.75, 3.05) is 13.1 Å². The van der Waals surface area contributed by atoms with E-state index in [9.17, 15) is 4.79 Å². The lowest BCUT2D eigenvalue weighted by molar-refractivity contribution is -0.282. The number of benzene rings is 1. The summed E-state index contributed by atoms with van der Waals surface area (Å²) in [5, 5.41) is 3.30. The van der Waals surface area contributed by atoms with Crippen molar-refractivity contribution in [3.05, 3.63) is 35.9 Å². The molecule has 1 heterocycles. The van der Waals surface area contributed by atoms with Crippen LogP contribution in [0, 0.1) is 5.92 Å². The normalized spacial score (nSPS) is 18.3. The molecule has 0 saturated carbocycles. The molecule has 1 saturated heterocycles. The Morgan fingerprint density at radius 2 is 1.94 bits per heavy atom. The fourth-order valence-corrected chi connectivity index (χ4v) is 2.13. The fourth-order valence-electron chi connectivity index (χ4n) is 2.13. The summed E-state index contributed by atoms with van der Waals surface area (Å²) in [4.78, 5) is 21.8. The summed E-state index contributed by atoms with van der Waals surface area (Å²) in [7, 11) is 0. The monoisotopic (exact) mass is 249 g/mol. The Morgan fingerprint density at radius 1 is 1.28 bits per heavy atom. The highest BCUT2D eigenvalue weighted by Crippen LogP contribution is 2.19. The quantitative estimate of drug-likeness (QED) is 0.656. The van der Waals surface area contributed by atoms with Crippen molar-refractivity contribution < 1.29 is 14.6 Å². The third-order valence-corrected chi connectivity index (χ3v) is 3.33. The second-order valence-electron chi connectivity index (χ2n) is 4.63. The van der Waals surface area contributed by atoms with E-state index in [0.717, 1.165) is 25.9 Å². The summed E-state index contributed by atoms with van der Waals surface area (Å²) >= 11 is 0. The highest BCUT2D eigenvalue weighted by Gasteiger charge is 2.22. The standard InChI is InChI=1S/C14H19NO3/c1-11(12-7-9-15-10-8-12)17-18-14(16)13-5-3-2-4-6-13/h2-6,11-12,15H,7-10H2,1H3. The van der Waals surface area contributed by atoms with E-state index >= 15 is 0 Å². The van der Waals surface area contributed by atoms with E-state index in [-0.39, 0.29) is 6.10 Å². The minimum absolute atomic E-state index is 0.0558. The van der Waals surface area contributed by atoms with Gasteiger partial charge in [0.15, 0.2) is 0 Å². The molecule has 0 spiro atoms. The Morgan fingerprint density at radius 3 is 2.61 bits per heavy atom. The summed E-state index contributed by atoms with van der Waals surface area (Å²) < 4.78 is 0. The van der Waals surface area contributed by atoms with Crippen molar-refractivity contribution in [1.82, 2.24) is 5.32 Å². The Labute approximate surface area is 107 Å². The van der Waals surface area contributed by atoms with Gasteiger partial charge in [0.25, 0.3) is 0 Å². The second kappa shape index (κ2) is 6.52. The predicted molar refractivity (Wildman–Crippen MR) is 68.0 cm³/mol. The lowest BCUT2D eigenvalue weighted by Gasteiger charge is -2.26. The number of nitrogens with one attached hydrogen (secondary N) is 1. The smallest absolute Gasteiger partial charge is 0.317 e. The predicted octanol–water partition coefficient (Wildman–Crippen LogP) is 2.16. The molecular weight excluding hydrogens is 230 g/mol. The number of carbonyl (C=O) groups excluding carboxylic acids is 1. The summed E-state index contributed by atoms with van der Waals surface area (Å²) in [6.07, 6.45) is 2.06. The summed E-state index contributed by atoms with van der Waals surface area (Å²) in [6, 6.07) is 8.87. The van der Waals surface area contributed by atoms with Crippen molar-refractivity contribution in [2.24, 2.45) is 5.92 Å². The van der Waals surface area contributed by atoms with Gasteiger partial charge in [0, 0.05) is 0 Å². The Kier molecular flexibility index (Phi) is 4.73. The van der Waals surface area contributed by atoms with Gasteiger partial charge in [-0.3, -0.25) is 4.89 Å². The molecule has 1 aliphatic rings. The van der Waals surface area contributed by atoms with Gasteiger partial charge in [-0.25, -0.2) is 4.79 Å². The maximum absolute atomic E-state index is 11.7. The van der Waals surface area contributed by atoms with Gasteiger partial charge in [0.2, 0.25) is 0 Å². The largest absolute Gasteiger partial charge is 0.373 e. The lowest BCUT2D eigenvalue weighted by Crippen LogP contribution is -2.34. The zero-order valence-electron chi connectivity index (χ0n) is 10.6. The third-order valence-electron chi connectivity index (χ3n) is 3.33. The first-order valence-corrected chi connectivity index (χ1v) is 6.41. The van der Waals surface area contributed by atoms with Crippen molar-refractivity contribution in [3.63, 3.8) is 0 Å². The number of rotatable bonds is 4. The van der Waals surface area contributed by atoms with Crippen LogP contribution in [0.1, 0.15) is 30.1 Å². The molecule has 1 fully saturated rings. The minimum Gasteiger partial charge on any atom is -0.317 e. The maximum Gasteiger partial charge on any atom is 0.373 e. The first kappa shape index (κ1) is 13.1. The molecular formula is C14H19NO3. The molecule has 1 aromatic rings. The van der Waals surface area contributed by atoms with Crippen LogP contribution in [0.2, 0.25) is 0 Å². The number of hydrogen-bond acceptors (Lipinski definition) is 4. The molecule has 0 bridgehead atoms. The molecule has 0 amide bonds. The third kappa shape index (κ3) is 3.55. The SMILES string of the molecule is CC(OOC(=O)c1ccccc1)C1CCNCC1. The van der Waals surface area contributed by atoms with Crippen molar-refractivity contribution in [1.29, 1.82) is 0 Å². The van der Waals surface area contributed by atoms with Crippen LogP contribution in [0.25, 0.3) is 0 Å². The zero-order valence-corrected chi connectivity index (χ0v) is 10.6. The van der Waals surface area contributed by atoms with Crippen molar-refractivity contribution in [3.8, 4) is 0 Å². The van der Waals surface area contributed by atoms with Crippen LogP contribution in [0.15, 0.2) is 30.3 Å². The van der Waals surface area contributed by atoms with Crippen LogP contribution in [-0.2, 0) is 9.78 Å². The van der Waals surface area contributed by atoms with Crippen LogP contribution in [0.4, 0.5) is 0 Å². The lowest BCUT2D eigenvalue weighted by atomic mass is 9.93. The van der Waals surface area contributed by atoms with E-state index in [2.05, 4.69) is 5.32 Å². The molecule has 98 valence electrons. The first-order valence-electron chi connectivity index (χ1n) is 6.41. The zero-order chi connectivity index (χ0) is 12.8. The average molecular weight is 249 g/mol. The number of hydrogen-bond donors (Lipinski definition) is 1. The molecule has 1 N–H and O–H groups in total. The van der Waals surface area contributed by atoms with Gasteiger partial charge in [0.1, 0.15) is 6.10 Å². The Bertz CT molecular complexity index is 374. The summed E-state index contributed by atoms with van der Waals surface area (Å²) in [6.45, 7) is 3.96. The Hall–Kier alpha value is -1.39. The van der Waals surface area contributed by atoms with Gasteiger partial charge in [-0.1, -0.05) is 18.2 Å². The van der Waals surface area contributed by atoms with Crippen LogP contribution in [0.5, 0.6) is 0 Å². The second-order valence-corrected chi connectivity index (χ2v) is 4.63. The van der Waals surface area contributed by atoms with Crippen molar-refractivity contribution in [2.45, 2.75) is 25.9 Å². The highest BCUT2D eigenvalue weighted by atomic mass is 17.2. The highest BCUT2D eigenvalue weighted by molar-refractivity contribution is 5.88. The molecule has 0 aliphatic carbocycles. The van der Waals surface area contributed by atoms with E-state index in [1.54, 1.807) is 24.3 Å². The minimum atomic E-state index is -0.434. The molecule has 1 aromatic carbocycles. The van der Waals surface area contributed by atoms with E-state index in [1.807, 2.05) is 13.0 Å². The van der Waals surface area contributed by atoms with E-state index in [0.29, 0.717) is 11.5 Å². The van der Waals surface area contributed by atoms with Gasteiger partial charge in [0.05, 0.1) is 5.56 Å². The maximum atomic E-state index is 11.7. The van der Waals surface area contributed by atoms with E-state index < -0.39 is 5.97 Å². The summed E-state index contributed by atoms with van der Waals surface area (Å²) in [5.74, 6) is 0.0196. The molecule has 1 atom stereocenters. The van der Waals surface area contributed by atoms with Gasteiger partial charge in [-0.05, 0) is 50.9 Å². The van der Waals surface area contributed by atoms with Crippen LogP contribution >= 0.6 is 0 Å². The van der Waals surface area contributed by atoms with E-state index in [4.69, 9.17) is 9.78 Å². The fraction of sp³-hybridized carbons (Fsp3) is 0.500. The van der Waals surface area contributed by atoms with Gasteiger partial charge in [-0.15, -0.1) is 0 Å². The van der Waals surface area contributed by atoms with Crippen LogP contribution in [-0.4, -0.2) is 25.2 Å². The molecule has 4 heteroatoms. The molecule has 0 aromatic heterocycles. The molecule has 1 unspecified atom stereocenters. The number of piperidine rings is 1. The first-order chi connectivity index (χ1) is 8.77. The van der Waals surface area contributed by atoms with E-state index in [1.165, 1.54) is 0 Å². The molecule has 18 heavy (non-hydrogen) atoms. The molecule has 2 rings (SSSR count). The van der Waals surface area contributed by atoms with Gasteiger partial charge in [-0.2, -0.15) is 4.89 Å². The summed E-state index contributed by atoms with van der Waals surface area (Å²) in [5.41, 5.74) is 0.509. The van der Waals surface area contributed by atoms with Crippen LogP contribution in [0.3, 0.4) is 0 Å².